The summed E-state index contributed by atoms with van der Waals surface area (Å²) < 4.78 is 60.6. The van der Waals surface area contributed by atoms with Crippen molar-refractivity contribution in [3.63, 3.8) is 0 Å². The fourth-order valence-electron chi connectivity index (χ4n) is 4.62. The molecule has 1 saturated heterocycles. The van der Waals surface area contributed by atoms with Crippen molar-refractivity contribution in [2.45, 2.75) is 63.2 Å². The average molecular weight is 641 g/mol. The van der Waals surface area contributed by atoms with E-state index >= 15 is 4.39 Å². The van der Waals surface area contributed by atoms with Crippen LogP contribution in [0, 0.1) is 5.82 Å². The molecular weight excluding hydrogens is 607 g/mol. The minimum atomic E-state index is -4.47. The highest BCUT2D eigenvalue weighted by Gasteiger charge is 2.37. The van der Waals surface area contributed by atoms with E-state index in [0.717, 1.165) is 16.4 Å². The Kier molecular flexibility index (Phi) is 9.43. The van der Waals surface area contributed by atoms with Gasteiger partial charge in [-0.25, -0.2) is 26.9 Å². The number of sulfonamides is 1. The second-order valence-corrected chi connectivity index (χ2v) is 13.7. The van der Waals surface area contributed by atoms with Gasteiger partial charge in [-0.3, -0.25) is 0 Å². The van der Waals surface area contributed by atoms with E-state index in [1.54, 1.807) is 49.3 Å². The minimum absolute atomic E-state index is 0.0122. The number of hydrogen-bond acceptors (Lipinski definition) is 9. The summed E-state index contributed by atoms with van der Waals surface area (Å²) in [4.78, 5) is 17.8. The zero-order valence-electron chi connectivity index (χ0n) is 24.2. The Morgan fingerprint density at radius 2 is 1.98 bits per heavy atom. The number of aromatic nitrogens is 1. The van der Waals surface area contributed by atoms with Crippen LogP contribution in [-0.2, 0) is 21.3 Å². The number of hydrogen-bond donors (Lipinski definition) is 1. The van der Waals surface area contributed by atoms with Gasteiger partial charge >= 0.3 is 6.09 Å². The number of benzene rings is 2. The molecule has 1 fully saturated rings. The molecule has 1 aliphatic heterocycles. The van der Waals surface area contributed by atoms with E-state index in [9.17, 15) is 13.2 Å². The molecule has 1 amide bonds. The van der Waals surface area contributed by atoms with Crippen molar-refractivity contribution in [2.75, 3.05) is 30.4 Å². The molecule has 4 rings (SSSR count). The molecule has 0 spiro atoms. The van der Waals surface area contributed by atoms with E-state index in [1.165, 1.54) is 31.1 Å². The number of rotatable bonds is 9. The highest BCUT2D eigenvalue weighted by atomic mass is 35.5. The van der Waals surface area contributed by atoms with Crippen LogP contribution in [0.25, 0.3) is 0 Å². The highest BCUT2D eigenvalue weighted by molar-refractivity contribution is 7.92. The number of methoxy groups -OCH3 is 2. The van der Waals surface area contributed by atoms with Crippen LogP contribution in [0.4, 0.5) is 20.7 Å². The molecule has 228 valence electrons. The van der Waals surface area contributed by atoms with Crippen LogP contribution >= 0.6 is 22.9 Å². The average Bonchev–Trinajstić information content (AvgIpc) is 3.58. The number of carbonyl (C=O) groups is 1. The molecule has 1 N–H and O–H groups in total. The Morgan fingerprint density at radius 3 is 2.60 bits per heavy atom. The normalized spacial score (nSPS) is 17.2. The molecule has 14 heteroatoms. The summed E-state index contributed by atoms with van der Waals surface area (Å²) in [7, 11) is -1.50. The lowest BCUT2D eigenvalue weighted by Gasteiger charge is -2.29. The number of nitrogens with zero attached hydrogens (tertiary/aromatic N) is 3. The second kappa shape index (κ2) is 12.5. The summed E-state index contributed by atoms with van der Waals surface area (Å²) in [5.74, 6) is 0.0652. The molecule has 42 heavy (non-hydrogen) atoms. The molecule has 0 aliphatic carbocycles. The number of ether oxygens (including phenoxy) is 3. The Bertz CT molecular complexity index is 1530. The monoisotopic (exact) mass is 640 g/mol. The number of nitrogens with one attached hydrogen (secondary N) is 1. The van der Waals surface area contributed by atoms with Crippen LogP contribution in [0.1, 0.15) is 39.7 Å². The molecule has 10 nitrogen and oxygen atoms in total. The van der Waals surface area contributed by atoms with E-state index in [1.807, 2.05) is 6.92 Å². The van der Waals surface area contributed by atoms with Gasteiger partial charge in [-0.05, 0) is 58.4 Å². The summed E-state index contributed by atoms with van der Waals surface area (Å²) in [6.07, 6.45) is 0.133. The quantitative estimate of drug-likeness (QED) is 0.296. The third-order valence-electron chi connectivity index (χ3n) is 6.80. The van der Waals surface area contributed by atoms with Gasteiger partial charge in [0.1, 0.15) is 27.8 Å². The van der Waals surface area contributed by atoms with Crippen molar-refractivity contribution in [1.29, 1.82) is 0 Å². The first-order valence-corrected chi connectivity index (χ1v) is 15.9. The third kappa shape index (κ3) is 6.84. The Balaban J connectivity index is 1.61. The molecule has 2 aromatic carbocycles. The molecule has 0 radical (unpaired) electrons. The Labute approximate surface area is 254 Å². The van der Waals surface area contributed by atoms with Gasteiger partial charge < -0.3 is 24.4 Å². The van der Waals surface area contributed by atoms with Crippen LogP contribution in [0.5, 0.6) is 11.5 Å². The maximum absolute atomic E-state index is 15.6. The highest BCUT2D eigenvalue weighted by Crippen LogP contribution is 2.35. The Hall–Kier alpha value is -3.29. The lowest BCUT2D eigenvalue weighted by Crippen LogP contribution is -2.42. The van der Waals surface area contributed by atoms with Crippen LogP contribution in [0.3, 0.4) is 0 Å². The van der Waals surface area contributed by atoms with Gasteiger partial charge in [-0.1, -0.05) is 11.6 Å². The first-order valence-electron chi connectivity index (χ1n) is 13.1. The Morgan fingerprint density at radius 1 is 1.24 bits per heavy atom. The van der Waals surface area contributed by atoms with Crippen molar-refractivity contribution < 1.29 is 31.8 Å². The van der Waals surface area contributed by atoms with Crippen LogP contribution in [0.2, 0.25) is 5.02 Å². The van der Waals surface area contributed by atoms with Gasteiger partial charge in [0.15, 0.2) is 5.82 Å². The summed E-state index contributed by atoms with van der Waals surface area (Å²) >= 11 is 7.73. The molecule has 1 aromatic heterocycles. The van der Waals surface area contributed by atoms with E-state index in [4.69, 9.17) is 25.8 Å². The van der Waals surface area contributed by atoms with Crippen molar-refractivity contribution >= 4 is 50.6 Å². The van der Waals surface area contributed by atoms with Crippen LogP contribution < -0.4 is 19.1 Å². The first-order chi connectivity index (χ1) is 19.7. The van der Waals surface area contributed by atoms with Gasteiger partial charge in [-0.2, -0.15) is 0 Å². The molecular formula is C28H34ClFN4O6S2. The summed E-state index contributed by atoms with van der Waals surface area (Å²) in [5, 5.41) is 4.75. The van der Waals surface area contributed by atoms with Crippen molar-refractivity contribution in [3.05, 3.63) is 57.6 Å². The second-order valence-electron chi connectivity index (χ2n) is 10.8. The van der Waals surface area contributed by atoms with Crippen LogP contribution in [-0.4, -0.2) is 62.8 Å². The smallest absolute Gasteiger partial charge is 0.410 e. The molecule has 0 saturated carbocycles. The SMILES string of the molecule is COc1ccc(CN(c2cscn2)S(=O)(=O)c2cc(Cl)c(N[C@@H]3CCN(C(=O)OC(C)(C)C)[C@@H]3C)cc2F)c(OC)c1. The van der Waals surface area contributed by atoms with Crippen molar-refractivity contribution in [3.8, 4) is 11.5 Å². The third-order valence-corrected chi connectivity index (χ3v) is 9.45. The van der Waals surface area contributed by atoms with Gasteiger partial charge in [0.25, 0.3) is 10.0 Å². The summed E-state index contributed by atoms with van der Waals surface area (Å²) in [6.45, 7) is 7.50. The van der Waals surface area contributed by atoms with E-state index in [0.29, 0.717) is 30.0 Å². The zero-order chi connectivity index (χ0) is 30.8. The molecule has 0 bridgehead atoms. The molecule has 2 heterocycles. The zero-order valence-corrected chi connectivity index (χ0v) is 26.6. The maximum Gasteiger partial charge on any atom is 0.410 e. The molecule has 2 atom stereocenters. The van der Waals surface area contributed by atoms with E-state index < -0.39 is 32.4 Å². The predicted octanol–water partition coefficient (Wildman–Crippen LogP) is 6.16. The van der Waals surface area contributed by atoms with Gasteiger partial charge in [0.05, 0.1) is 43.0 Å². The lowest BCUT2D eigenvalue weighted by molar-refractivity contribution is 0.0235. The molecule has 0 unspecified atom stereocenters. The number of thiazole rings is 1. The predicted molar refractivity (Wildman–Crippen MR) is 161 cm³/mol. The number of likely N-dealkylation sites (tertiary alicyclic amines) is 1. The molecule has 3 aromatic rings. The fourth-order valence-corrected chi connectivity index (χ4v) is 6.98. The number of amides is 1. The number of anilines is 2. The molecule has 1 aliphatic rings. The van der Waals surface area contributed by atoms with Gasteiger partial charge in [0, 0.05) is 29.6 Å². The van der Waals surface area contributed by atoms with Crippen molar-refractivity contribution in [2.24, 2.45) is 0 Å². The summed E-state index contributed by atoms with van der Waals surface area (Å²) in [5.41, 5.74) is 1.58. The van der Waals surface area contributed by atoms with E-state index in [-0.39, 0.29) is 35.2 Å². The number of carbonyl (C=O) groups excluding carboxylic acids is 1. The maximum atomic E-state index is 15.6. The minimum Gasteiger partial charge on any atom is -0.497 e. The lowest BCUT2D eigenvalue weighted by atomic mass is 10.1. The topological polar surface area (TPSA) is 110 Å². The van der Waals surface area contributed by atoms with Crippen LogP contribution in [0.15, 0.2) is 46.1 Å². The van der Waals surface area contributed by atoms with E-state index in [2.05, 4.69) is 10.3 Å². The van der Waals surface area contributed by atoms with Gasteiger partial charge in [-0.15, -0.1) is 11.3 Å². The fraction of sp³-hybridized carbons (Fsp3) is 0.429. The van der Waals surface area contributed by atoms with Gasteiger partial charge in [0.2, 0.25) is 0 Å². The first kappa shape index (κ1) is 31.6. The van der Waals surface area contributed by atoms with Crippen molar-refractivity contribution in [1.82, 2.24) is 9.88 Å². The number of halogens is 2. The summed E-state index contributed by atoms with van der Waals surface area (Å²) in [6, 6.07) is 6.60. The largest absolute Gasteiger partial charge is 0.497 e. The standard InChI is InChI=1S/C28H34ClFN4O6S2/c1-17-22(9-10-33(17)27(35)40-28(2,3)4)32-23-13-21(30)25(12-20(23)29)42(36,37)34(26-15-41-16-31-26)14-18-7-8-19(38-5)11-24(18)39-6/h7-8,11-13,15-17,22,32H,9-10,14H2,1-6H3/t17-,22-/m1/s1.